The van der Waals surface area contributed by atoms with Crippen LogP contribution in [0.5, 0.6) is 5.75 Å². The minimum absolute atomic E-state index is 0.0779. The average Bonchev–Trinajstić information content (AvgIpc) is 2.40. The molecule has 0 atom stereocenters. The third-order valence-electron chi connectivity index (χ3n) is 3.14. The van der Waals surface area contributed by atoms with Crippen molar-refractivity contribution in [2.45, 2.75) is 44.9 Å². The molecule has 0 fully saturated rings. The van der Waals surface area contributed by atoms with Crippen molar-refractivity contribution in [3.05, 3.63) is 30.1 Å². The van der Waals surface area contributed by atoms with Crippen LogP contribution in [0.1, 0.15) is 44.9 Å². The van der Waals surface area contributed by atoms with Crippen molar-refractivity contribution in [2.24, 2.45) is 5.14 Å². The summed E-state index contributed by atoms with van der Waals surface area (Å²) in [6.45, 7) is 0.592. The summed E-state index contributed by atoms with van der Waals surface area (Å²) >= 11 is 0. The van der Waals surface area contributed by atoms with Crippen LogP contribution in [0.4, 0.5) is 4.39 Å². The van der Waals surface area contributed by atoms with E-state index in [-0.39, 0.29) is 11.6 Å². The van der Waals surface area contributed by atoms with E-state index in [9.17, 15) is 12.8 Å². The molecular formula is C15H24FNO3S. The first-order valence-corrected chi connectivity index (χ1v) is 9.08. The predicted molar refractivity (Wildman–Crippen MR) is 82.2 cm³/mol. The molecule has 0 spiro atoms. The summed E-state index contributed by atoms with van der Waals surface area (Å²) < 4.78 is 39.8. The van der Waals surface area contributed by atoms with Crippen molar-refractivity contribution in [2.75, 3.05) is 12.4 Å². The lowest BCUT2D eigenvalue weighted by molar-refractivity contribution is 0.303. The molecule has 1 rings (SSSR count). The van der Waals surface area contributed by atoms with Gasteiger partial charge in [0.2, 0.25) is 10.0 Å². The number of halogens is 1. The second-order valence-corrected chi connectivity index (χ2v) is 6.88. The van der Waals surface area contributed by atoms with E-state index in [1.54, 1.807) is 12.1 Å². The first-order valence-electron chi connectivity index (χ1n) is 7.36. The van der Waals surface area contributed by atoms with E-state index < -0.39 is 10.0 Å². The number of hydrogen-bond acceptors (Lipinski definition) is 3. The van der Waals surface area contributed by atoms with Crippen LogP contribution < -0.4 is 9.88 Å². The molecule has 21 heavy (non-hydrogen) atoms. The second kappa shape index (κ2) is 9.73. The summed E-state index contributed by atoms with van der Waals surface area (Å²) in [5, 5.41) is 4.92. The second-order valence-electron chi connectivity index (χ2n) is 5.15. The lowest BCUT2D eigenvalue weighted by Gasteiger charge is -2.06. The number of ether oxygens (including phenoxy) is 1. The fraction of sp³-hybridized carbons (Fsp3) is 0.600. The van der Waals surface area contributed by atoms with Crippen molar-refractivity contribution in [3.8, 4) is 5.75 Å². The van der Waals surface area contributed by atoms with Crippen molar-refractivity contribution in [3.63, 3.8) is 0 Å². The van der Waals surface area contributed by atoms with Gasteiger partial charge < -0.3 is 4.74 Å². The van der Waals surface area contributed by atoms with Gasteiger partial charge in [0.1, 0.15) is 11.6 Å². The molecule has 1 aromatic rings. The maximum Gasteiger partial charge on any atom is 0.209 e. The monoisotopic (exact) mass is 317 g/mol. The molecule has 120 valence electrons. The largest absolute Gasteiger partial charge is 0.493 e. The molecule has 0 saturated carbocycles. The third-order valence-corrected chi connectivity index (χ3v) is 4.00. The number of hydrogen-bond donors (Lipinski definition) is 1. The van der Waals surface area contributed by atoms with Gasteiger partial charge in [0.05, 0.1) is 12.4 Å². The van der Waals surface area contributed by atoms with Gasteiger partial charge in [0.25, 0.3) is 0 Å². The Morgan fingerprint density at radius 2 is 1.62 bits per heavy atom. The van der Waals surface area contributed by atoms with Gasteiger partial charge in [-0.25, -0.2) is 17.9 Å². The molecule has 0 amide bonds. The maximum absolute atomic E-state index is 12.9. The molecule has 4 nitrogen and oxygen atoms in total. The molecular weight excluding hydrogens is 293 g/mol. The summed E-state index contributed by atoms with van der Waals surface area (Å²) in [6, 6.07) is 6.15. The van der Waals surface area contributed by atoms with Gasteiger partial charge in [0, 0.05) is 6.07 Å². The van der Waals surface area contributed by atoms with Gasteiger partial charge in [-0.3, -0.25) is 0 Å². The standard InChI is InChI=1S/C15H24FNO3S/c16-14-9-8-10-15(13-14)20-11-6-4-2-1-3-5-7-12-21(17,18)19/h8-10,13H,1-7,11-12H2,(H2,17,18,19). The molecule has 0 saturated heterocycles. The van der Waals surface area contributed by atoms with E-state index in [1.807, 2.05) is 0 Å². The quantitative estimate of drug-likeness (QED) is 0.637. The highest BCUT2D eigenvalue weighted by Crippen LogP contribution is 2.13. The highest BCUT2D eigenvalue weighted by atomic mass is 32.2. The number of rotatable bonds is 11. The van der Waals surface area contributed by atoms with Crippen LogP contribution in [0.3, 0.4) is 0 Å². The van der Waals surface area contributed by atoms with E-state index in [4.69, 9.17) is 9.88 Å². The summed E-state index contributed by atoms with van der Waals surface area (Å²) in [5.41, 5.74) is 0. The first-order chi connectivity index (χ1) is 9.97. The van der Waals surface area contributed by atoms with Crippen LogP contribution in [-0.4, -0.2) is 20.8 Å². The van der Waals surface area contributed by atoms with Crippen molar-refractivity contribution < 1.29 is 17.5 Å². The van der Waals surface area contributed by atoms with Crippen LogP contribution in [-0.2, 0) is 10.0 Å². The number of primary sulfonamides is 1. The fourth-order valence-corrected chi connectivity index (χ4v) is 2.64. The van der Waals surface area contributed by atoms with E-state index in [1.165, 1.54) is 12.1 Å². The Kier molecular flexibility index (Phi) is 8.30. The Balaban J connectivity index is 1.91. The summed E-state index contributed by atoms with van der Waals surface area (Å²) in [4.78, 5) is 0. The lowest BCUT2D eigenvalue weighted by Crippen LogP contribution is -2.16. The van der Waals surface area contributed by atoms with Gasteiger partial charge in [-0.2, -0.15) is 0 Å². The van der Waals surface area contributed by atoms with Gasteiger partial charge in [-0.15, -0.1) is 0 Å². The van der Waals surface area contributed by atoms with Gasteiger partial charge in [-0.1, -0.05) is 38.2 Å². The van der Waals surface area contributed by atoms with Crippen LogP contribution in [0.15, 0.2) is 24.3 Å². The minimum Gasteiger partial charge on any atom is -0.493 e. The van der Waals surface area contributed by atoms with Crippen molar-refractivity contribution >= 4 is 10.0 Å². The first kappa shape index (κ1) is 17.9. The fourth-order valence-electron chi connectivity index (χ4n) is 2.04. The number of unbranched alkanes of at least 4 members (excludes halogenated alkanes) is 6. The molecule has 0 heterocycles. The van der Waals surface area contributed by atoms with Gasteiger partial charge >= 0.3 is 0 Å². The Morgan fingerprint density at radius 1 is 1.00 bits per heavy atom. The Morgan fingerprint density at radius 3 is 2.24 bits per heavy atom. The smallest absolute Gasteiger partial charge is 0.209 e. The van der Waals surface area contributed by atoms with Gasteiger partial charge in [0.15, 0.2) is 0 Å². The molecule has 0 aliphatic carbocycles. The zero-order valence-electron chi connectivity index (χ0n) is 12.3. The minimum atomic E-state index is -3.30. The predicted octanol–water partition coefficient (Wildman–Crippen LogP) is 3.22. The molecule has 0 aromatic heterocycles. The van der Waals surface area contributed by atoms with Gasteiger partial charge in [-0.05, 0) is 25.0 Å². The van der Waals surface area contributed by atoms with Crippen LogP contribution >= 0.6 is 0 Å². The highest BCUT2D eigenvalue weighted by molar-refractivity contribution is 7.89. The Labute approximate surface area is 126 Å². The van der Waals surface area contributed by atoms with Crippen molar-refractivity contribution in [1.82, 2.24) is 0 Å². The molecule has 0 aliphatic heterocycles. The van der Waals surface area contributed by atoms with E-state index in [2.05, 4.69) is 0 Å². The van der Waals surface area contributed by atoms with Crippen LogP contribution in [0, 0.1) is 5.82 Å². The number of nitrogens with two attached hydrogens (primary N) is 1. The third kappa shape index (κ3) is 10.3. The zero-order valence-corrected chi connectivity index (χ0v) is 13.1. The SMILES string of the molecule is NS(=O)(=O)CCCCCCCCCOc1cccc(F)c1. The van der Waals surface area contributed by atoms with Crippen molar-refractivity contribution in [1.29, 1.82) is 0 Å². The summed E-state index contributed by atoms with van der Waals surface area (Å²) in [6.07, 6.45) is 6.75. The molecule has 6 heteroatoms. The van der Waals surface area contributed by atoms with Crippen LogP contribution in [0.25, 0.3) is 0 Å². The number of benzene rings is 1. The van der Waals surface area contributed by atoms with E-state index in [0.717, 1.165) is 38.5 Å². The summed E-state index contributed by atoms with van der Waals surface area (Å²) in [5.74, 6) is 0.360. The molecule has 1 aromatic carbocycles. The number of sulfonamides is 1. The highest BCUT2D eigenvalue weighted by Gasteiger charge is 2.01. The summed E-state index contributed by atoms with van der Waals surface area (Å²) in [7, 11) is -3.30. The topological polar surface area (TPSA) is 69.4 Å². The molecule has 0 radical (unpaired) electrons. The zero-order chi connectivity index (χ0) is 15.6. The Bertz CT molecular complexity index is 505. The van der Waals surface area contributed by atoms with Crippen LogP contribution in [0.2, 0.25) is 0 Å². The lowest BCUT2D eigenvalue weighted by atomic mass is 10.1. The normalized spacial score (nSPS) is 11.5. The average molecular weight is 317 g/mol. The molecule has 0 bridgehead atoms. The Hall–Kier alpha value is -1.14. The maximum atomic E-state index is 12.9. The molecule has 0 unspecified atom stereocenters. The van der Waals surface area contributed by atoms with E-state index >= 15 is 0 Å². The molecule has 0 aliphatic rings. The van der Waals surface area contributed by atoms with E-state index in [0.29, 0.717) is 18.8 Å². The molecule has 2 N–H and O–H groups in total.